The van der Waals surface area contributed by atoms with Crippen LogP contribution >= 0.6 is 0 Å². The van der Waals surface area contributed by atoms with Crippen LogP contribution in [0.5, 0.6) is 0 Å². The summed E-state index contributed by atoms with van der Waals surface area (Å²) in [6.45, 7) is 24.1. The molecular formula is C45H46N2. The zero-order valence-electron chi connectivity index (χ0n) is 28.7. The third-order valence-electron chi connectivity index (χ3n) is 9.63. The molecule has 0 bridgehead atoms. The van der Waals surface area contributed by atoms with Gasteiger partial charge in [0, 0.05) is 11.0 Å². The van der Waals surface area contributed by atoms with E-state index in [0.717, 1.165) is 16.7 Å². The van der Waals surface area contributed by atoms with Gasteiger partial charge in [0.25, 0.3) is 0 Å². The van der Waals surface area contributed by atoms with Crippen molar-refractivity contribution in [1.82, 2.24) is 0 Å². The minimum atomic E-state index is -0.461. The molecule has 0 amide bonds. The molecule has 4 aromatic rings. The number of benzene rings is 4. The van der Waals surface area contributed by atoms with Gasteiger partial charge in [-0.3, -0.25) is 0 Å². The van der Waals surface area contributed by atoms with Gasteiger partial charge in [-0.2, -0.15) is 0 Å². The largest absolute Gasteiger partial charge is 0.383 e. The first kappa shape index (κ1) is 33.2. The predicted molar refractivity (Wildman–Crippen MR) is 203 cm³/mol. The van der Waals surface area contributed by atoms with Crippen molar-refractivity contribution < 1.29 is 0 Å². The fourth-order valence-electron chi connectivity index (χ4n) is 7.10. The SMILES string of the molecule is C=C/C=C(C)/C(C)=C/C=C(\C)C(=C)N=C(N)c1ccc2c(c1)C1(c3ccccc3-c3ccccc31)c1ccccc1C2(C)C.C=CC. The van der Waals surface area contributed by atoms with Crippen LogP contribution < -0.4 is 5.73 Å². The van der Waals surface area contributed by atoms with Crippen LogP contribution in [0.2, 0.25) is 0 Å². The van der Waals surface area contributed by atoms with E-state index in [9.17, 15) is 0 Å². The lowest BCUT2D eigenvalue weighted by Gasteiger charge is -2.46. The average molecular weight is 615 g/mol. The summed E-state index contributed by atoms with van der Waals surface area (Å²) >= 11 is 0. The Kier molecular flexibility index (Phi) is 9.36. The van der Waals surface area contributed by atoms with E-state index in [-0.39, 0.29) is 5.41 Å². The second-order valence-corrected chi connectivity index (χ2v) is 12.9. The van der Waals surface area contributed by atoms with Gasteiger partial charge >= 0.3 is 0 Å². The van der Waals surface area contributed by atoms with E-state index in [1.807, 2.05) is 26.0 Å². The standard InChI is InChI=1S/C42H40N2.C3H6/c1-8-15-27(2)28(3)22-23-29(4)30(5)44-40(43)31-24-25-37-39(26-31)42(38-21-14-13-20-36(38)41(37,6)7)34-18-11-9-16-32(34)33-17-10-12-19-35(33)42;1-3-2/h8-26H,1,5H2,2-4,6-7H3,(H2,43,44);3H,1H2,2H3/b27-15+,28-22+,29-23+;. The van der Waals surface area contributed by atoms with Gasteiger partial charge in [0.15, 0.2) is 0 Å². The molecule has 2 N–H and O–H groups in total. The third kappa shape index (κ3) is 5.59. The third-order valence-corrected chi connectivity index (χ3v) is 9.63. The highest BCUT2D eigenvalue weighted by Gasteiger charge is 2.53. The summed E-state index contributed by atoms with van der Waals surface area (Å²) in [5.41, 5.74) is 21.4. The molecule has 6 rings (SSSR count). The smallest absolute Gasteiger partial charge is 0.131 e. The van der Waals surface area contributed by atoms with Gasteiger partial charge in [0.1, 0.15) is 5.84 Å². The molecule has 236 valence electrons. The fourth-order valence-corrected chi connectivity index (χ4v) is 7.10. The molecule has 2 aliphatic rings. The first-order chi connectivity index (χ1) is 22.5. The van der Waals surface area contributed by atoms with Crippen molar-refractivity contribution in [2.24, 2.45) is 10.7 Å². The van der Waals surface area contributed by atoms with E-state index in [4.69, 9.17) is 10.7 Å². The number of nitrogens with zero attached hydrogens (tertiary/aromatic N) is 1. The molecule has 0 saturated heterocycles. The zero-order valence-corrected chi connectivity index (χ0v) is 28.7. The molecule has 47 heavy (non-hydrogen) atoms. The zero-order chi connectivity index (χ0) is 33.9. The van der Waals surface area contributed by atoms with Crippen molar-refractivity contribution in [3.05, 3.63) is 202 Å². The Morgan fingerprint density at radius 2 is 1.11 bits per heavy atom. The maximum Gasteiger partial charge on any atom is 0.131 e. The van der Waals surface area contributed by atoms with Crippen molar-refractivity contribution >= 4 is 5.84 Å². The van der Waals surface area contributed by atoms with Crippen molar-refractivity contribution in [2.45, 2.75) is 52.4 Å². The van der Waals surface area contributed by atoms with E-state index in [1.165, 1.54) is 50.1 Å². The number of hydrogen-bond donors (Lipinski definition) is 1. The lowest BCUT2D eigenvalue weighted by molar-refractivity contribution is 0.563. The average Bonchev–Trinajstić information content (AvgIpc) is 3.37. The molecule has 0 heterocycles. The maximum absolute atomic E-state index is 6.78. The van der Waals surface area contributed by atoms with Crippen molar-refractivity contribution in [1.29, 1.82) is 0 Å². The normalized spacial score (nSPS) is 15.8. The molecule has 2 heteroatoms. The van der Waals surface area contributed by atoms with E-state index >= 15 is 0 Å². The number of amidine groups is 1. The number of fused-ring (bicyclic) bond motifs is 9. The monoisotopic (exact) mass is 614 g/mol. The van der Waals surface area contributed by atoms with Crippen LogP contribution in [0.15, 0.2) is 169 Å². The summed E-state index contributed by atoms with van der Waals surface area (Å²) < 4.78 is 0. The van der Waals surface area contributed by atoms with Crippen LogP contribution in [0.1, 0.15) is 80.5 Å². The Bertz CT molecular complexity index is 1960. The van der Waals surface area contributed by atoms with Gasteiger partial charge in [0.05, 0.1) is 11.1 Å². The lowest BCUT2D eigenvalue weighted by atomic mass is 9.55. The summed E-state index contributed by atoms with van der Waals surface area (Å²) in [5.74, 6) is 0.459. The molecular weight excluding hydrogens is 569 g/mol. The van der Waals surface area contributed by atoms with Crippen molar-refractivity contribution in [3.8, 4) is 11.1 Å². The van der Waals surface area contributed by atoms with Gasteiger partial charge in [-0.25, -0.2) is 4.99 Å². The van der Waals surface area contributed by atoms with Crippen molar-refractivity contribution in [3.63, 3.8) is 0 Å². The Hall–Kier alpha value is -5.21. The summed E-state index contributed by atoms with van der Waals surface area (Å²) in [7, 11) is 0. The van der Waals surface area contributed by atoms with E-state index in [2.05, 4.69) is 145 Å². The number of hydrogen-bond acceptors (Lipinski definition) is 1. The molecule has 0 radical (unpaired) electrons. The number of allylic oxidation sites excluding steroid dienone is 8. The molecule has 0 aliphatic heterocycles. The van der Waals surface area contributed by atoms with E-state index in [1.54, 1.807) is 12.2 Å². The van der Waals surface area contributed by atoms with E-state index in [0.29, 0.717) is 11.5 Å². The van der Waals surface area contributed by atoms with Crippen molar-refractivity contribution in [2.75, 3.05) is 0 Å². The number of aliphatic imine (C=N–C) groups is 1. The van der Waals surface area contributed by atoms with Crippen LogP contribution in [0.25, 0.3) is 11.1 Å². The highest BCUT2D eigenvalue weighted by molar-refractivity contribution is 5.99. The molecule has 1 spiro atoms. The van der Waals surface area contributed by atoms with Crippen LogP contribution in [0, 0.1) is 0 Å². The first-order valence-electron chi connectivity index (χ1n) is 16.2. The Labute approximate surface area is 281 Å². The predicted octanol–water partition coefficient (Wildman–Crippen LogP) is 11.1. The highest BCUT2D eigenvalue weighted by Crippen LogP contribution is 2.62. The first-order valence-corrected chi connectivity index (χ1v) is 16.2. The van der Waals surface area contributed by atoms with Gasteiger partial charge in [-0.05, 0) is 95.0 Å². The van der Waals surface area contributed by atoms with Crippen LogP contribution in [-0.2, 0) is 10.8 Å². The summed E-state index contributed by atoms with van der Waals surface area (Å²) in [6.07, 6.45) is 9.68. The number of rotatable bonds is 6. The summed E-state index contributed by atoms with van der Waals surface area (Å²) in [6, 6.07) is 33.4. The molecule has 2 nitrogen and oxygen atoms in total. The number of nitrogens with two attached hydrogens (primary N) is 1. The molecule has 0 unspecified atom stereocenters. The van der Waals surface area contributed by atoms with Gasteiger partial charge in [0.2, 0.25) is 0 Å². The topological polar surface area (TPSA) is 38.4 Å². The fraction of sp³-hybridized carbons (Fsp3) is 0.178. The Morgan fingerprint density at radius 3 is 1.68 bits per heavy atom. The summed E-state index contributed by atoms with van der Waals surface area (Å²) in [4.78, 5) is 4.81. The molecule has 0 fully saturated rings. The second-order valence-electron chi connectivity index (χ2n) is 12.9. The molecule has 2 aliphatic carbocycles. The lowest BCUT2D eigenvalue weighted by Crippen LogP contribution is -2.41. The van der Waals surface area contributed by atoms with Crippen LogP contribution in [0.4, 0.5) is 0 Å². The van der Waals surface area contributed by atoms with E-state index < -0.39 is 5.41 Å². The minimum Gasteiger partial charge on any atom is -0.383 e. The van der Waals surface area contributed by atoms with Gasteiger partial charge in [-0.15, -0.1) is 6.58 Å². The molecule has 4 aromatic carbocycles. The second kappa shape index (κ2) is 13.3. The maximum atomic E-state index is 6.78. The molecule has 0 aromatic heterocycles. The van der Waals surface area contributed by atoms with Gasteiger partial charge < -0.3 is 5.73 Å². The minimum absolute atomic E-state index is 0.195. The van der Waals surface area contributed by atoms with Crippen LogP contribution in [0.3, 0.4) is 0 Å². The Morgan fingerprint density at radius 1 is 0.638 bits per heavy atom. The Balaban J connectivity index is 0.00000139. The molecule has 0 saturated carbocycles. The van der Waals surface area contributed by atoms with Crippen LogP contribution in [-0.4, -0.2) is 5.84 Å². The quantitative estimate of drug-likeness (QED) is 0.0879. The molecule has 0 atom stereocenters. The van der Waals surface area contributed by atoms with Gasteiger partial charge in [-0.1, -0.05) is 142 Å². The highest BCUT2D eigenvalue weighted by atomic mass is 14.9. The summed E-state index contributed by atoms with van der Waals surface area (Å²) in [5, 5.41) is 0.